The number of ether oxygens (including phenoxy) is 2. The zero-order valence-electron chi connectivity index (χ0n) is 13.6. The van der Waals surface area contributed by atoms with Crippen LogP contribution in [0.1, 0.15) is 12.5 Å². The Labute approximate surface area is 138 Å². The van der Waals surface area contributed by atoms with Crippen LogP contribution in [-0.2, 0) is 0 Å². The topological polar surface area (TPSA) is 90.3 Å². The van der Waals surface area contributed by atoms with E-state index in [9.17, 15) is 10.1 Å². The maximum absolute atomic E-state index is 11.4. The molecule has 0 spiro atoms. The Hall–Kier alpha value is -3.09. The smallest absolute Gasteiger partial charge is 0.315 e. The van der Waals surface area contributed by atoms with Crippen LogP contribution >= 0.6 is 0 Å². The number of rotatable bonds is 5. The second-order valence-electron chi connectivity index (χ2n) is 5.32. The van der Waals surface area contributed by atoms with E-state index in [1.807, 2.05) is 25.1 Å². The van der Waals surface area contributed by atoms with Gasteiger partial charge in [-0.2, -0.15) is 0 Å². The van der Waals surface area contributed by atoms with Crippen LogP contribution in [0.25, 0.3) is 22.4 Å². The Morgan fingerprint density at radius 1 is 1.29 bits per heavy atom. The van der Waals surface area contributed by atoms with Crippen LogP contribution < -0.4 is 9.47 Å². The molecule has 0 saturated heterocycles. The molecule has 0 atom stereocenters. The lowest BCUT2D eigenvalue weighted by Crippen LogP contribution is -2.01. The Kier molecular flexibility index (Phi) is 4.07. The summed E-state index contributed by atoms with van der Waals surface area (Å²) in [5.41, 5.74) is 3.19. The van der Waals surface area contributed by atoms with Gasteiger partial charge in [0.1, 0.15) is 5.82 Å². The highest BCUT2D eigenvalue weighted by molar-refractivity contribution is 5.81. The molecule has 2 aromatic carbocycles. The van der Waals surface area contributed by atoms with Crippen molar-refractivity contribution in [3.05, 3.63) is 46.0 Å². The van der Waals surface area contributed by atoms with Gasteiger partial charge in [-0.15, -0.1) is 0 Å². The van der Waals surface area contributed by atoms with E-state index in [2.05, 4.69) is 9.97 Å². The van der Waals surface area contributed by atoms with Crippen molar-refractivity contribution in [2.75, 3.05) is 13.7 Å². The van der Waals surface area contributed by atoms with Crippen molar-refractivity contribution in [3.8, 4) is 22.9 Å². The van der Waals surface area contributed by atoms with Crippen LogP contribution in [0.15, 0.2) is 30.3 Å². The minimum atomic E-state index is -0.482. The number of nitro benzene ring substituents is 1. The maximum Gasteiger partial charge on any atom is 0.315 e. The van der Waals surface area contributed by atoms with E-state index >= 15 is 0 Å². The molecule has 0 saturated carbocycles. The van der Waals surface area contributed by atoms with E-state index < -0.39 is 4.92 Å². The molecular weight excluding hydrogens is 310 g/mol. The summed E-state index contributed by atoms with van der Waals surface area (Å²) in [6.45, 7) is 4.06. The van der Waals surface area contributed by atoms with Gasteiger partial charge in [0, 0.05) is 11.6 Å². The van der Waals surface area contributed by atoms with E-state index in [4.69, 9.17) is 9.47 Å². The molecule has 7 heteroatoms. The van der Waals surface area contributed by atoms with Crippen molar-refractivity contribution in [1.82, 2.24) is 9.97 Å². The maximum atomic E-state index is 11.4. The number of benzene rings is 2. The van der Waals surface area contributed by atoms with Crippen molar-refractivity contribution in [3.63, 3.8) is 0 Å². The van der Waals surface area contributed by atoms with Gasteiger partial charge in [0.25, 0.3) is 0 Å². The second-order valence-corrected chi connectivity index (χ2v) is 5.32. The highest BCUT2D eigenvalue weighted by Gasteiger charge is 2.23. The van der Waals surface area contributed by atoms with E-state index in [1.54, 1.807) is 13.0 Å². The third-order valence-corrected chi connectivity index (χ3v) is 3.65. The molecule has 1 N–H and O–H groups in total. The van der Waals surface area contributed by atoms with Crippen molar-refractivity contribution in [2.24, 2.45) is 0 Å². The zero-order valence-corrected chi connectivity index (χ0v) is 13.6. The van der Waals surface area contributed by atoms with Crippen LogP contribution in [0.2, 0.25) is 0 Å². The first kappa shape index (κ1) is 15.8. The third kappa shape index (κ3) is 2.76. The first-order chi connectivity index (χ1) is 11.5. The number of nitrogens with zero attached hydrogens (tertiary/aromatic N) is 2. The minimum absolute atomic E-state index is 0.126. The van der Waals surface area contributed by atoms with Gasteiger partial charge in [-0.1, -0.05) is 6.07 Å². The molecule has 0 aliphatic rings. The predicted octanol–water partition coefficient (Wildman–Crippen LogP) is 3.85. The number of hydrogen-bond donors (Lipinski definition) is 1. The fraction of sp³-hybridized carbons (Fsp3) is 0.235. The summed E-state index contributed by atoms with van der Waals surface area (Å²) >= 11 is 0. The lowest BCUT2D eigenvalue weighted by Gasteiger charge is -2.10. The lowest BCUT2D eigenvalue weighted by molar-refractivity contribution is -0.385. The van der Waals surface area contributed by atoms with Crippen molar-refractivity contribution < 1.29 is 14.4 Å². The van der Waals surface area contributed by atoms with Crippen LogP contribution in [-0.4, -0.2) is 28.6 Å². The predicted molar refractivity (Wildman–Crippen MR) is 90.6 cm³/mol. The number of imidazole rings is 1. The van der Waals surface area contributed by atoms with Crippen LogP contribution in [0.5, 0.6) is 11.5 Å². The molecular formula is C17H17N3O4. The molecule has 7 nitrogen and oxygen atoms in total. The van der Waals surface area contributed by atoms with Gasteiger partial charge in [0.05, 0.1) is 29.7 Å². The molecule has 1 aromatic heterocycles. The van der Waals surface area contributed by atoms with Gasteiger partial charge < -0.3 is 14.5 Å². The number of methoxy groups -OCH3 is 1. The Balaban J connectivity index is 2.18. The van der Waals surface area contributed by atoms with Crippen LogP contribution in [0.4, 0.5) is 5.69 Å². The lowest BCUT2D eigenvalue weighted by atomic mass is 10.1. The first-order valence-electron chi connectivity index (χ1n) is 7.49. The molecule has 3 rings (SSSR count). The number of fused-ring (bicyclic) bond motifs is 1. The van der Waals surface area contributed by atoms with Crippen LogP contribution in [0, 0.1) is 17.0 Å². The Morgan fingerprint density at radius 3 is 2.75 bits per heavy atom. The van der Waals surface area contributed by atoms with Crippen molar-refractivity contribution in [1.29, 1.82) is 0 Å². The largest absolute Gasteiger partial charge is 0.493 e. The molecule has 0 aliphatic heterocycles. The molecule has 0 amide bonds. The van der Waals surface area contributed by atoms with Crippen molar-refractivity contribution >= 4 is 16.7 Å². The van der Waals surface area contributed by atoms with Gasteiger partial charge in [-0.05, 0) is 37.6 Å². The van der Waals surface area contributed by atoms with E-state index in [-0.39, 0.29) is 11.4 Å². The molecule has 0 radical (unpaired) electrons. The molecule has 0 unspecified atom stereocenters. The molecule has 0 bridgehead atoms. The zero-order chi connectivity index (χ0) is 17.3. The molecule has 124 valence electrons. The monoisotopic (exact) mass is 327 g/mol. The van der Waals surface area contributed by atoms with Gasteiger partial charge in [-0.25, -0.2) is 4.98 Å². The summed E-state index contributed by atoms with van der Waals surface area (Å²) < 4.78 is 10.7. The SMILES string of the molecule is CCOc1c(OC)cc(-c2nc3ccc(C)cc3[nH]2)cc1[N+](=O)[O-]. The number of aryl methyl sites for hydroxylation is 1. The van der Waals surface area contributed by atoms with Gasteiger partial charge in [0.2, 0.25) is 5.75 Å². The third-order valence-electron chi connectivity index (χ3n) is 3.65. The van der Waals surface area contributed by atoms with E-state index in [0.29, 0.717) is 23.7 Å². The molecule has 0 fully saturated rings. The molecule has 3 aromatic rings. The normalized spacial score (nSPS) is 10.8. The number of H-pyrrole nitrogens is 1. The summed E-state index contributed by atoms with van der Waals surface area (Å²) in [6.07, 6.45) is 0. The average molecular weight is 327 g/mol. The summed E-state index contributed by atoms with van der Waals surface area (Å²) in [5.74, 6) is 0.971. The minimum Gasteiger partial charge on any atom is -0.493 e. The highest BCUT2D eigenvalue weighted by atomic mass is 16.6. The Morgan fingerprint density at radius 2 is 2.08 bits per heavy atom. The number of hydrogen-bond acceptors (Lipinski definition) is 5. The number of aromatic amines is 1. The number of nitro groups is 1. The average Bonchev–Trinajstić information content (AvgIpc) is 2.97. The van der Waals surface area contributed by atoms with Crippen molar-refractivity contribution in [2.45, 2.75) is 13.8 Å². The number of nitrogens with one attached hydrogen (secondary N) is 1. The fourth-order valence-electron chi connectivity index (χ4n) is 2.56. The summed E-state index contributed by atoms with van der Waals surface area (Å²) in [4.78, 5) is 18.6. The van der Waals surface area contributed by atoms with E-state index in [1.165, 1.54) is 13.2 Å². The second kappa shape index (κ2) is 6.19. The molecule has 24 heavy (non-hydrogen) atoms. The van der Waals surface area contributed by atoms with Gasteiger partial charge in [0.15, 0.2) is 5.75 Å². The van der Waals surface area contributed by atoms with Crippen LogP contribution in [0.3, 0.4) is 0 Å². The summed E-state index contributed by atoms with van der Waals surface area (Å²) in [7, 11) is 1.45. The van der Waals surface area contributed by atoms with Gasteiger partial charge in [-0.3, -0.25) is 10.1 Å². The summed E-state index contributed by atoms with van der Waals surface area (Å²) in [6, 6.07) is 8.98. The van der Waals surface area contributed by atoms with Gasteiger partial charge >= 0.3 is 5.69 Å². The summed E-state index contributed by atoms with van der Waals surface area (Å²) in [5, 5.41) is 11.4. The molecule has 0 aliphatic carbocycles. The highest BCUT2D eigenvalue weighted by Crippen LogP contribution is 2.40. The number of aromatic nitrogens is 2. The standard InChI is InChI=1S/C17H17N3O4/c1-4-24-16-14(20(21)22)8-11(9-15(16)23-3)17-18-12-6-5-10(2)7-13(12)19-17/h5-9H,4H2,1-3H3,(H,18,19). The van der Waals surface area contributed by atoms with E-state index in [0.717, 1.165) is 16.6 Å². The fourth-order valence-corrected chi connectivity index (χ4v) is 2.56. The first-order valence-corrected chi connectivity index (χ1v) is 7.49. The quantitative estimate of drug-likeness (QED) is 0.568. The molecule has 1 heterocycles. The Bertz CT molecular complexity index is 918.